The Labute approximate surface area is 211 Å². The lowest BCUT2D eigenvalue weighted by Gasteiger charge is -2.41. The molecule has 164 valence electrons. The van der Waals surface area contributed by atoms with E-state index < -0.39 is 0 Å². The van der Waals surface area contributed by atoms with Gasteiger partial charge >= 0.3 is 0 Å². The summed E-state index contributed by atoms with van der Waals surface area (Å²) in [5, 5.41) is 5.64. The SMILES string of the molecule is Cc1cccc(C)c1B1c2ccc3cccc4c3c2B2c3c-4cccc3-c3cccc4ccc1c2c34. The second-order valence-corrected chi connectivity index (χ2v) is 10.9. The molecule has 3 aliphatic heterocycles. The summed E-state index contributed by atoms with van der Waals surface area (Å²) >= 11 is 0. The quantitative estimate of drug-likeness (QED) is 0.332. The van der Waals surface area contributed by atoms with E-state index in [1.54, 1.807) is 10.9 Å². The number of hydrogen-bond acceptors (Lipinski definition) is 0. The van der Waals surface area contributed by atoms with Gasteiger partial charge in [-0.15, -0.1) is 0 Å². The fourth-order valence-corrected chi connectivity index (χ4v) is 7.96. The van der Waals surface area contributed by atoms with E-state index in [4.69, 9.17) is 0 Å². The van der Waals surface area contributed by atoms with Gasteiger partial charge in [0.25, 0.3) is 0 Å². The lowest BCUT2D eigenvalue weighted by Crippen LogP contribution is -2.77. The number of fused-ring (bicyclic) bond motifs is 2. The largest absolute Gasteiger partial charge is 0.243 e. The Kier molecular flexibility index (Phi) is 3.41. The highest BCUT2D eigenvalue weighted by atomic mass is 14.3. The van der Waals surface area contributed by atoms with Crippen LogP contribution in [-0.2, 0) is 0 Å². The molecule has 0 unspecified atom stereocenters. The van der Waals surface area contributed by atoms with Gasteiger partial charge in [0.15, 0.2) is 0 Å². The van der Waals surface area contributed by atoms with Gasteiger partial charge in [-0.2, -0.15) is 0 Å². The van der Waals surface area contributed by atoms with Crippen molar-refractivity contribution in [3.8, 4) is 22.3 Å². The predicted octanol–water partition coefficient (Wildman–Crippen LogP) is 3.92. The molecule has 0 nitrogen and oxygen atoms in total. The predicted molar refractivity (Wildman–Crippen MR) is 158 cm³/mol. The van der Waals surface area contributed by atoms with Crippen molar-refractivity contribution in [2.75, 3.05) is 0 Å². The van der Waals surface area contributed by atoms with E-state index in [1.807, 2.05) is 0 Å². The lowest BCUT2D eigenvalue weighted by molar-refractivity contribution is 1.43. The third-order valence-electron chi connectivity index (χ3n) is 9.24. The van der Waals surface area contributed by atoms with Gasteiger partial charge in [-0.25, -0.2) is 0 Å². The summed E-state index contributed by atoms with van der Waals surface area (Å²) < 4.78 is 0. The maximum atomic E-state index is 2.44. The zero-order chi connectivity index (χ0) is 23.7. The second kappa shape index (κ2) is 6.39. The van der Waals surface area contributed by atoms with Crippen molar-refractivity contribution in [2.45, 2.75) is 13.8 Å². The average Bonchev–Trinajstić information content (AvgIpc) is 2.91. The van der Waals surface area contributed by atoms with Gasteiger partial charge in [-0.05, 0) is 57.6 Å². The van der Waals surface area contributed by atoms with Gasteiger partial charge in [0.05, 0.1) is 0 Å². The van der Waals surface area contributed by atoms with Crippen LogP contribution in [0.4, 0.5) is 0 Å². The Bertz CT molecular complexity index is 1850. The van der Waals surface area contributed by atoms with Crippen LogP contribution in [0.1, 0.15) is 11.1 Å². The summed E-state index contributed by atoms with van der Waals surface area (Å²) in [6.07, 6.45) is 0. The Hall–Kier alpha value is -4.03. The molecule has 0 spiro atoms. The Morgan fingerprint density at radius 3 is 1.42 bits per heavy atom. The molecule has 0 N–H and O–H groups in total. The Morgan fingerprint density at radius 2 is 0.861 bits per heavy atom. The van der Waals surface area contributed by atoms with Gasteiger partial charge in [0.1, 0.15) is 0 Å². The third-order valence-corrected chi connectivity index (χ3v) is 9.24. The minimum absolute atomic E-state index is 0.245. The van der Waals surface area contributed by atoms with Crippen LogP contribution < -0.4 is 32.8 Å². The maximum Gasteiger partial charge on any atom is 0.243 e. The zero-order valence-electron chi connectivity index (χ0n) is 20.4. The highest BCUT2D eigenvalue weighted by Gasteiger charge is 2.47. The molecule has 6 aromatic rings. The van der Waals surface area contributed by atoms with E-state index in [0.29, 0.717) is 6.71 Å². The molecule has 0 fully saturated rings. The molecule has 2 heteroatoms. The van der Waals surface area contributed by atoms with Gasteiger partial charge in [0, 0.05) is 0 Å². The van der Waals surface area contributed by atoms with E-state index in [1.165, 1.54) is 76.8 Å². The van der Waals surface area contributed by atoms with Crippen molar-refractivity contribution < 1.29 is 0 Å². The number of aryl methyl sites for hydroxylation is 2. The number of benzene rings is 6. The normalized spacial score (nSPS) is 13.7. The minimum Gasteiger partial charge on any atom is -0.0726 e. The third kappa shape index (κ3) is 2.08. The molecule has 0 amide bonds. The van der Waals surface area contributed by atoms with Crippen LogP contribution in [0.5, 0.6) is 0 Å². The fraction of sp³-hybridized carbons (Fsp3) is 0.0588. The lowest BCUT2D eigenvalue weighted by atomic mass is 9.18. The summed E-state index contributed by atoms with van der Waals surface area (Å²) in [5.74, 6) is 0. The van der Waals surface area contributed by atoms with Gasteiger partial charge < -0.3 is 0 Å². The molecule has 0 aromatic heterocycles. The molecule has 36 heavy (non-hydrogen) atoms. The summed E-state index contributed by atoms with van der Waals surface area (Å²) in [6, 6.07) is 37.1. The van der Waals surface area contributed by atoms with Crippen LogP contribution in [0, 0.1) is 13.8 Å². The zero-order valence-corrected chi connectivity index (χ0v) is 20.4. The van der Waals surface area contributed by atoms with Crippen molar-refractivity contribution in [1.29, 1.82) is 0 Å². The first-order chi connectivity index (χ1) is 17.7. The maximum absolute atomic E-state index is 2.44. The molecule has 9 rings (SSSR count). The highest BCUT2D eigenvalue weighted by Crippen LogP contribution is 2.38. The van der Waals surface area contributed by atoms with E-state index in [2.05, 4.69) is 111 Å². The van der Waals surface area contributed by atoms with E-state index in [9.17, 15) is 0 Å². The standard InChI is InChI=1S/C34H22B2/c1-19-7-3-8-20(2)31(19)35-27-17-15-21-9-4-11-23-25-13-6-14-26-24-12-5-10-22-16-18-28(35)34(30(22)24)36(32(25)26)33(27)29(21)23/h3-18H,1-2H3. The first-order valence-electron chi connectivity index (χ1n) is 13.0. The van der Waals surface area contributed by atoms with Crippen molar-refractivity contribution in [2.24, 2.45) is 0 Å². The summed E-state index contributed by atoms with van der Waals surface area (Å²) in [6.45, 7) is 5.11. The Morgan fingerprint density at radius 1 is 0.389 bits per heavy atom. The van der Waals surface area contributed by atoms with Gasteiger partial charge in [-0.1, -0.05) is 141 Å². The first kappa shape index (κ1) is 19.2. The molecular weight excluding hydrogens is 430 g/mol. The summed E-state index contributed by atoms with van der Waals surface area (Å²) in [5.41, 5.74) is 17.4. The van der Waals surface area contributed by atoms with Gasteiger partial charge in [-0.3, -0.25) is 0 Å². The van der Waals surface area contributed by atoms with E-state index in [0.717, 1.165) is 0 Å². The van der Waals surface area contributed by atoms with Crippen molar-refractivity contribution in [3.05, 3.63) is 108 Å². The molecule has 0 bridgehead atoms. The number of rotatable bonds is 1. The van der Waals surface area contributed by atoms with Gasteiger partial charge in [0.2, 0.25) is 13.4 Å². The average molecular weight is 452 g/mol. The second-order valence-electron chi connectivity index (χ2n) is 10.9. The molecule has 0 radical (unpaired) electrons. The van der Waals surface area contributed by atoms with Crippen LogP contribution in [0.15, 0.2) is 97.1 Å². The molecule has 0 atom stereocenters. The molecule has 0 aliphatic carbocycles. The van der Waals surface area contributed by atoms with Crippen LogP contribution in [0.2, 0.25) is 0 Å². The molecule has 3 aliphatic rings. The van der Waals surface area contributed by atoms with Crippen LogP contribution in [-0.4, -0.2) is 13.4 Å². The number of hydrogen-bond donors (Lipinski definition) is 0. The Balaban J connectivity index is 1.58. The molecular formula is C34H22B2. The monoisotopic (exact) mass is 452 g/mol. The summed E-state index contributed by atoms with van der Waals surface area (Å²) in [7, 11) is 0. The van der Waals surface area contributed by atoms with Crippen molar-refractivity contribution in [3.63, 3.8) is 0 Å². The van der Waals surface area contributed by atoms with Crippen molar-refractivity contribution in [1.82, 2.24) is 0 Å². The molecule has 6 aromatic carbocycles. The first-order valence-corrected chi connectivity index (χ1v) is 13.0. The van der Waals surface area contributed by atoms with E-state index in [-0.39, 0.29) is 6.71 Å². The highest BCUT2D eigenvalue weighted by molar-refractivity contribution is 7.14. The summed E-state index contributed by atoms with van der Waals surface area (Å²) in [4.78, 5) is 0. The van der Waals surface area contributed by atoms with Crippen LogP contribution in [0.3, 0.4) is 0 Å². The van der Waals surface area contributed by atoms with Crippen LogP contribution >= 0.6 is 0 Å². The van der Waals surface area contributed by atoms with E-state index >= 15 is 0 Å². The smallest absolute Gasteiger partial charge is 0.0726 e. The molecule has 3 heterocycles. The van der Waals surface area contributed by atoms with Crippen molar-refractivity contribution >= 4 is 67.7 Å². The van der Waals surface area contributed by atoms with Crippen LogP contribution in [0.25, 0.3) is 43.8 Å². The molecule has 0 saturated heterocycles. The molecule has 0 saturated carbocycles. The minimum atomic E-state index is 0.245. The fourth-order valence-electron chi connectivity index (χ4n) is 7.96. The topological polar surface area (TPSA) is 0 Å².